The topological polar surface area (TPSA) is 58.0 Å². The summed E-state index contributed by atoms with van der Waals surface area (Å²) in [6.07, 6.45) is 0. The third-order valence-electron chi connectivity index (χ3n) is 3.58. The molecule has 0 amide bonds. The monoisotopic (exact) mass is 313 g/mol. The Balaban J connectivity index is 2.24. The van der Waals surface area contributed by atoms with Gasteiger partial charge in [-0.05, 0) is 26.3 Å². The molecule has 0 aliphatic carbocycles. The van der Waals surface area contributed by atoms with Gasteiger partial charge < -0.3 is 10.4 Å². The highest BCUT2D eigenvalue weighted by Crippen LogP contribution is 2.40. The molecule has 2 heterocycles. The van der Waals surface area contributed by atoms with Crippen LogP contribution < -0.4 is 5.32 Å². The Labute approximate surface area is 133 Å². The van der Waals surface area contributed by atoms with Gasteiger partial charge in [-0.1, -0.05) is 29.8 Å². The van der Waals surface area contributed by atoms with Crippen LogP contribution in [0.4, 0.5) is 5.82 Å². The van der Waals surface area contributed by atoms with Gasteiger partial charge in [0.25, 0.3) is 0 Å². The van der Waals surface area contributed by atoms with E-state index in [0.717, 1.165) is 21.9 Å². The van der Waals surface area contributed by atoms with E-state index in [2.05, 4.69) is 53.4 Å². The quantitative estimate of drug-likeness (QED) is 0.771. The van der Waals surface area contributed by atoms with Crippen molar-refractivity contribution in [2.24, 2.45) is 0 Å². The van der Waals surface area contributed by atoms with Crippen LogP contribution in [0, 0.1) is 20.8 Å². The van der Waals surface area contributed by atoms with Gasteiger partial charge in [-0.2, -0.15) is 0 Å². The van der Waals surface area contributed by atoms with Crippen molar-refractivity contribution in [1.29, 1.82) is 0 Å². The molecule has 0 spiro atoms. The summed E-state index contributed by atoms with van der Waals surface area (Å²) in [6.45, 7) is 6.65. The lowest BCUT2D eigenvalue weighted by Gasteiger charge is -2.09. The molecule has 3 rings (SSSR count). The molecule has 22 heavy (non-hydrogen) atoms. The van der Waals surface area contributed by atoms with E-state index in [1.54, 1.807) is 11.3 Å². The van der Waals surface area contributed by atoms with Crippen molar-refractivity contribution in [2.75, 3.05) is 18.5 Å². The maximum absolute atomic E-state index is 9.09. The lowest BCUT2D eigenvalue weighted by Crippen LogP contribution is -2.08. The number of aromatic nitrogens is 2. The van der Waals surface area contributed by atoms with Crippen LogP contribution in [0.5, 0.6) is 0 Å². The summed E-state index contributed by atoms with van der Waals surface area (Å²) in [7, 11) is 0. The number of benzene rings is 1. The molecular formula is C17H19N3OS. The van der Waals surface area contributed by atoms with Crippen molar-refractivity contribution in [3.8, 4) is 11.1 Å². The predicted molar refractivity (Wildman–Crippen MR) is 92.6 cm³/mol. The standard InChI is InChI=1S/C17H19N3OS/c1-10-4-6-13(7-5-10)14-11(2)22-17-15(14)16(18-8-9-21)19-12(3)20-17/h4-7,21H,8-9H2,1-3H3,(H,18,19,20). The Kier molecular flexibility index (Phi) is 4.09. The van der Waals surface area contributed by atoms with Crippen LogP contribution in [0.3, 0.4) is 0 Å². The summed E-state index contributed by atoms with van der Waals surface area (Å²) in [5.41, 5.74) is 3.60. The Morgan fingerprint density at radius 1 is 1.09 bits per heavy atom. The van der Waals surface area contributed by atoms with E-state index in [1.165, 1.54) is 21.6 Å². The number of aliphatic hydroxyl groups is 1. The Morgan fingerprint density at radius 3 is 2.50 bits per heavy atom. The molecule has 1 aromatic carbocycles. The zero-order valence-corrected chi connectivity index (χ0v) is 13.8. The molecule has 5 heteroatoms. The van der Waals surface area contributed by atoms with Gasteiger partial charge in [-0.25, -0.2) is 9.97 Å². The van der Waals surface area contributed by atoms with Crippen LogP contribution in [0.25, 0.3) is 21.3 Å². The number of nitrogens with zero attached hydrogens (tertiary/aromatic N) is 2. The van der Waals surface area contributed by atoms with Gasteiger partial charge in [0.15, 0.2) is 0 Å². The molecule has 0 saturated carbocycles. The highest BCUT2D eigenvalue weighted by atomic mass is 32.1. The number of hydrogen-bond acceptors (Lipinski definition) is 5. The highest BCUT2D eigenvalue weighted by molar-refractivity contribution is 7.19. The van der Waals surface area contributed by atoms with Crippen LogP contribution in [-0.2, 0) is 0 Å². The van der Waals surface area contributed by atoms with Crippen LogP contribution in [0.15, 0.2) is 24.3 Å². The number of rotatable bonds is 4. The minimum absolute atomic E-state index is 0.0769. The number of fused-ring (bicyclic) bond motifs is 1. The summed E-state index contributed by atoms with van der Waals surface area (Å²) >= 11 is 1.69. The molecule has 114 valence electrons. The number of nitrogens with one attached hydrogen (secondary N) is 1. The van der Waals surface area contributed by atoms with Crippen molar-refractivity contribution >= 4 is 27.4 Å². The number of hydrogen-bond donors (Lipinski definition) is 2. The van der Waals surface area contributed by atoms with Gasteiger partial charge >= 0.3 is 0 Å². The summed E-state index contributed by atoms with van der Waals surface area (Å²) < 4.78 is 0. The second-order valence-electron chi connectivity index (χ2n) is 5.35. The SMILES string of the molecule is Cc1ccc(-c2c(C)sc3nc(C)nc(NCCO)c23)cc1. The molecule has 2 aromatic heterocycles. The average molecular weight is 313 g/mol. The number of aliphatic hydroxyl groups excluding tert-OH is 1. The zero-order chi connectivity index (χ0) is 15.7. The highest BCUT2D eigenvalue weighted by Gasteiger charge is 2.17. The summed E-state index contributed by atoms with van der Waals surface area (Å²) in [6, 6.07) is 8.52. The molecule has 0 unspecified atom stereocenters. The minimum atomic E-state index is 0.0769. The molecule has 0 aliphatic rings. The first-order chi connectivity index (χ1) is 10.6. The molecule has 0 aliphatic heterocycles. The predicted octanol–water partition coefficient (Wildman–Crippen LogP) is 3.69. The minimum Gasteiger partial charge on any atom is -0.395 e. The summed E-state index contributed by atoms with van der Waals surface area (Å²) in [5.74, 6) is 1.54. The Morgan fingerprint density at radius 2 is 1.82 bits per heavy atom. The molecule has 2 N–H and O–H groups in total. The molecule has 0 saturated heterocycles. The van der Waals surface area contributed by atoms with Gasteiger partial charge in [-0.3, -0.25) is 0 Å². The van der Waals surface area contributed by atoms with Crippen molar-refractivity contribution in [3.63, 3.8) is 0 Å². The smallest absolute Gasteiger partial charge is 0.139 e. The normalized spacial score (nSPS) is 11.1. The maximum Gasteiger partial charge on any atom is 0.139 e. The fourth-order valence-electron chi connectivity index (χ4n) is 2.59. The van der Waals surface area contributed by atoms with Crippen LogP contribution in [0.2, 0.25) is 0 Å². The average Bonchev–Trinajstić information content (AvgIpc) is 2.81. The second kappa shape index (κ2) is 6.02. The fourth-order valence-corrected chi connectivity index (χ4v) is 3.68. The first-order valence-corrected chi connectivity index (χ1v) is 8.11. The molecule has 0 atom stereocenters. The molecule has 0 radical (unpaired) electrons. The van der Waals surface area contributed by atoms with Gasteiger partial charge in [-0.15, -0.1) is 11.3 Å². The van der Waals surface area contributed by atoms with Crippen LogP contribution >= 0.6 is 11.3 Å². The molecule has 0 fully saturated rings. The van der Waals surface area contributed by atoms with Gasteiger partial charge in [0.1, 0.15) is 16.5 Å². The second-order valence-corrected chi connectivity index (χ2v) is 6.55. The van der Waals surface area contributed by atoms with Crippen LogP contribution in [0.1, 0.15) is 16.3 Å². The van der Waals surface area contributed by atoms with E-state index in [0.29, 0.717) is 6.54 Å². The third kappa shape index (κ3) is 2.69. The van der Waals surface area contributed by atoms with Crippen LogP contribution in [-0.4, -0.2) is 28.2 Å². The zero-order valence-electron chi connectivity index (χ0n) is 13.0. The third-order valence-corrected chi connectivity index (χ3v) is 4.58. The van der Waals surface area contributed by atoms with Crippen molar-refractivity contribution < 1.29 is 5.11 Å². The summed E-state index contributed by atoms with van der Waals surface area (Å²) in [4.78, 5) is 11.3. The van der Waals surface area contributed by atoms with Crippen molar-refractivity contribution in [1.82, 2.24) is 9.97 Å². The summed E-state index contributed by atoms with van der Waals surface area (Å²) in [5, 5.41) is 13.4. The molecule has 3 aromatic rings. The van der Waals surface area contributed by atoms with E-state index in [-0.39, 0.29) is 6.61 Å². The Bertz CT molecular complexity index is 809. The number of aryl methyl sites for hydroxylation is 3. The number of anilines is 1. The maximum atomic E-state index is 9.09. The van der Waals surface area contributed by atoms with E-state index >= 15 is 0 Å². The van der Waals surface area contributed by atoms with Gasteiger partial charge in [0.05, 0.1) is 12.0 Å². The lowest BCUT2D eigenvalue weighted by atomic mass is 10.0. The molecular weight excluding hydrogens is 294 g/mol. The largest absolute Gasteiger partial charge is 0.395 e. The van der Waals surface area contributed by atoms with E-state index in [4.69, 9.17) is 5.11 Å². The lowest BCUT2D eigenvalue weighted by molar-refractivity contribution is 0.311. The number of thiophene rings is 1. The van der Waals surface area contributed by atoms with Crippen molar-refractivity contribution in [3.05, 3.63) is 40.5 Å². The van der Waals surface area contributed by atoms with Gasteiger partial charge in [0, 0.05) is 17.0 Å². The Hall–Kier alpha value is -1.98. The van der Waals surface area contributed by atoms with E-state index in [1.807, 2.05) is 6.92 Å². The first-order valence-electron chi connectivity index (χ1n) is 7.29. The fraction of sp³-hybridized carbons (Fsp3) is 0.294. The van der Waals surface area contributed by atoms with E-state index < -0.39 is 0 Å². The first kappa shape index (κ1) is 14.9. The van der Waals surface area contributed by atoms with Gasteiger partial charge in [0.2, 0.25) is 0 Å². The molecule has 0 bridgehead atoms. The van der Waals surface area contributed by atoms with E-state index in [9.17, 15) is 0 Å². The molecule has 4 nitrogen and oxygen atoms in total. The van der Waals surface area contributed by atoms with Crippen molar-refractivity contribution in [2.45, 2.75) is 20.8 Å².